The number of aromatic nitrogens is 1. The minimum atomic E-state index is -4.38. The molecule has 1 amide bonds. The largest absolute Gasteiger partial charge is 0.417 e. The summed E-state index contributed by atoms with van der Waals surface area (Å²) in [5.74, 6) is 0.928. The number of guanidine groups is 1. The van der Waals surface area contributed by atoms with Crippen LogP contribution >= 0.6 is 0 Å². The average Bonchev–Trinajstić information content (AvgIpc) is 2.77. The van der Waals surface area contributed by atoms with E-state index in [0.29, 0.717) is 37.0 Å². The summed E-state index contributed by atoms with van der Waals surface area (Å²) in [6.07, 6.45) is -2.12. The smallest absolute Gasteiger partial charge is 0.370 e. The van der Waals surface area contributed by atoms with Gasteiger partial charge in [0.15, 0.2) is 5.96 Å². The second-order valence-corrected chi connectivity index (χ2v) is 6.67. The number of carbonyl (C=O) groups excluding carboxylic acids is 1. The number of nitrogens with zero attached hydrogens (tertiary/aromatic N) is 2. The zero-order valence-corrected chi connectivity index (χ0v) is 17.5. The van der Waals surface area contributed by atoms with Crippen molar-refractivity contribution in [2.75, 3.05) is 39.0 Å². The number of amides is 1. The summed E-state index contributed by atoms with van der Waals surface area (Å²) in [6, 6.07) is 9.76. The van der Waals surface area contributed by atoms with Gasteiger partial charge in [-0.2, -0.15) is 13.2 Å². The minimum Gasteiger partial charge on any atom is -0.370 e. The number of hydrogen-bond acceptors (Lipinski definition) is 4. The van der Waals surface area contributed by atoms with Crippen LogP contribution in [0.15, 0.2) is 47.6 Å². The van der Waals surface area contributed by atoms with Crippen molar-refractivity contribution in [3.63, 3.8) is 0 Å². The summed E-state index contributed by atoms with van der Waals surface area (Å²) in [4.78, 5) is 19.6. The number of hydrogen-bond donors (Lipinski definition) is 4. The van der Waals surface area contributed by atoms with E-state index < -0.39 is 11.7 Å². The van der Waals surface area contributed by atoms with Gasteiger partial charge >= 0.3 is 6.18 Å². The number of aliphatic imine (C=N–C) groups is 1. The van der Waals surface area contributed by atoms with E-state index >= 15 is 0 Å². The van der Waals surface area contributed by atoms with Crippen molar-refractivity contribution in [2.24, 2.45) is 4.99 Å². The molecule has 0 aliphatic rings. The highest BCUT2D eigenvalue weighted by molar-refractivity contribution is 5.94. The molecule has 0 saturated carbocycles. The van der Waals surface area contributed by atoms with Crippen LogP contribution in [0.25, 0.3) is 0 Å². The lowest BCUT2D eigenvalue weighted by atomic mass is 10.1. The molecule has 0 aliphatic carbocycles. The van der Waals surface area contributed by atoms with Crippen molar-refractivity contribution in [3.05, 3.63) is 59.3 Å². The van der Waals surface area contributed by atoms with Crippen LogP contribution in [0.4, 0.5) is 19.0 Å². The third-order valence-corrected chi connectivity index (χ3v) is 4.39. The first-order valence-electron chi connectivity index (χ1n) is 9.86. The molecule has 0 bridgehead atoms. The second-order valence-electron chi connectivity index (χ2n) is 6.67. The van der Waals surface area contributed by atoms with E-state index in [2.05, 4.69) is 31.2 Å². The summed E-state index contributed by atoms with van der Waals surface area (Å²) < 4.78 is 37.6. The zero-order valence-electron chi connectivity index (χ0n) is 17.5. The summed E-state index contributed by atoms with van der Waals surface area (Å²) in [5, 5.41) is 12.0. The average molecular weight is 436 g/mol. The maximum Gasteiger partial charge on any atom is 0.417 e. The standard InChI is InChI=1S/C21H27F3N6O/c1-25-19(31)16-6-3-5-15(13-16)9-12-29-20(26-2)28-11-4-10-27-18-8-7-17(14-30-18)21(22,23)24/h3,5-8,13-14H,4,9-12H2,1-2H3,(H,25,31)(H,27,30)(H2,26,28,29). The number of alkyl halides is 3. The molecule has 10 heteroatoms. The molecule has 1 aromatic carbocycles. The van der Waals surface area contributed by atoms with Gasteiger partial charge in [-0.15, -0.1) is 0 Å². The van der Waals surface area contributed by atoms with Crippen LogP contribution in [0.2, 0.25) is 0 Å². The van der Waals surface area contributed by atoms with E-state index in [-0.39, 0.29) is 5.91 Å². The molecule has 31 heavy (non-hydrogen) atoms. The van der Waals surface area contributed by atoms with Gasteiger partial charge in [-0.1, -0.05) is 12.1 Å². The normalized spacial score (nSPS) is 11.7. The number of anilines is 1. The fraction of sp³-hybridized carbons (Fsp3) is 0.381. The first kappa shape index (κ1) is 24.0. The van der Waals surface area contributed by atoms with Gasteiger partial charge in [-0.3, -0.25) is 9.79 Å². The summed E-state index contributed by atoms with van der Waals surface area (Å²) >= 11 is 0. The van der Waals surface area contributed by atoms with Gasteiger partial charge in [0.25, 0.3) is 5.91 Å². The zero-order chi connectivity index (χ0) is 22.7. The van der Waals surface area contributed by atoms with Gasteiger partial charge in [0.1, 0.15) is 5.82 Å². The Kier molecular flexibility index (Phi) is 9.11. The molecule has 4 N–H and O–H groups in total. The number of pyridine rings is 1. The highest BCUT2D eigenvalue weighted by Crippen LogP contribution is 2.28. The predicted molar refractivity (Wildman–Crippen MR) is 115 cm³/mol. The van der Waals surface area contributed by atoms with Crippen LogP contribution in [-0.2, 0) is 12.6 Å². The Hall–Kier alpha value is -3.30. The summed E-state index contributed by atoms with van der Waals surface area (Å²) in [7, 11) is 3.27. The van der Waals surface area contributed by atoms with Crippen molar-refractivity contribution in [1.29, 1.82) is 0 Å². The molecule has 7 nitrogen and oxygen atoms in total. The molecule has 0 spiro atoms. The van der Waals surface area contributed by atoms with Gasteiger partial charge in [0.05, 0.1) is 5.56 Å². The minimum absolute atomic E-state index is 0.118. The van der Waals surface area contributed by atoms with Crippen molar-refractivity contribution in [1.82, 2.24) is 20.9 Å². The highest BCUT2D eigenvalue weighted by atomic mass is 19.4. The lowest BCUT2D eigenvalue weighted by molar-refractivity contribution is -0.137. The quantitative estimate of drug-likeness (QED) is 0.276. The molecular formula is C21H27F3N6O. The van der Waals surface area contributed by atoms with Crippen LogP contribution in [0.5, 0.6) is 0 Å². The molecule has 0 fully saturated rings. The fourth-order valence-corrected chi connectivity index (χ4v) is 2.74. The van der Waals surface area contributed by atoms with E-state index in [0.717, 1.165) is 30.7 Å². The number of benzene rings is 1. The van der Waals surface area contributed by atoms with E-state index in [1.54, 1.807) is 20.2 Å². The third-order valence-electron chi connectivity index (χ3n) is 4.39. The first-order valence-corrected chi connectivity index (χ1v) is 9.86. The Morgan fingerprint density at radius 3 is 2.52 bits per heavy atom. The van der Waals surface area contributed by atoms with Crippen LogP contribution in [0.1, 0.15) is 27.9 Å². The van der Waals surface area contributed by atoms with Gasteiger partial charge in [-0.25, -0.2) is 4.98 Å². The van der Waals surface area contributed by atoms with E-state index in [1.807, 2.05) is 18.2 Å². The van der Waals surface area contributed by atoms with E-state index in [9.17, 15) is 18.0 Å². The lowest BCUT2D eigenvalue weighted by Crippen LogP contribution is -2.39. The molecule has 2 rings (SSSR count). The molecule has 0 aliphatic heterocycles. The van der Waals surface area contributed by atoms with Gasteiger partial charge in [0.2, 0.25) is 0 Å². The fourth-order valence-electron chi connectivity index (χ4n) is 2.74. The third kappa shape index (κ3) is 8.15. The number of rotatable bonds is 9. The molecule has 168 valence electrons. The molecule has 0 radical (unpaired) electrons. The predicted octanol–water partition coefficient (Wildman–Crippen LogP) is 2.67. The molecular weight excluding hydrogens is 409 g/mol. The van der Waals surface area contributed by atoms with Gasteiger partial charge in [-0.05, 0) is 42.7 Å². The van der Waals surface area contributed by atoms with Crippen molar-refractivity contribution < 1.29 is 18.0 Å². The Bertz CT molecular complexity index is 868. The van der Waals surface area contributed by atoms with Crippen LogP contribution in [0.3, 0.4) is 0 Å². The summed E-state index contributed by atoms with van der Waals surface area (Å²) in [6.45, 7) is 1.82. The lowest BCUT2D eigenvalue weighted by Gasteiger charge is -2.13. The van der Waals surface area contributed by atoms with Crippen LogP contribution in [-0.4, -0.2) is 50.6 Å². The van der Waals surface area contributed by atoms with Gasteiger partial charge in [0, 0.05) is 45.5 Å². The van der Waals surface area contributed by atoms with Crippen LogP contribution < -0.4 is 21.3 Å². The number of carbonyl (C=O) groups is 1. The Balaban J connectivity index is 1.66. The molecule has 0 unspecified atom stereocenters. The maximum atomic E-state index is 12.5. The van der Waals surface area contributed by atoms with Crippen molar-refractivity contribution in [2.45, 2.75) is 19.0 Å². The van der Waals surface area contributed by atoms with E-state index in [1.165, 1.54) is 6.07 Å². The first-order chi connectivity index (χ1) is 14.8. The van der Waals surface area contributed by atoms with Crippen molar-refractivity contribution >= 4 is 17.7 Å². The highest BCUT2D eigenvalue weighted by Gasteiger charge is 2.30. The maximum absolute atomic E-state index is 12.5. The van der Waals surface area contributed by atoms with E-state index in [4.69, 9.17) is 0 Å². The Morgan fingerprint density at radius 2 is 1.87 bits per heavy atom. The Labute approximate surface area is 179 Å². The molecule has 2 aromatic rings. The second kappa shape index (κ2) is 11.8. The Morgan fingerprint density at radius 1 is 1.10 bits per heavy atom. The number of nitrogens with one attached hydrogen (secondary N) is 4. The van der Waals surface area contributed by atoms with Crippen molar-refractivity contribution in [3.8, 4) is 0 Å². The molecule has 1 heterocycles. The van der Waals surface area contributed by atoms with Gasteiger partial charge < -0.3 is 21.3 Å². The van der Waals surface area contributed by atoms with Crippen LogP contribution in [0, 0.1) is 0 Å². The topological polar surface area (TPSA) is 90.4 Å². The summed E-state index contributed by atoms with van der Waals surface area (Å²) in [5.41, 5.74) is 0.893. The SMILES string of the molecule is CN=C(NCCCNc1ccc(C(F)(F)F)cn1)NCCc1cccc(C(=O)NC)c1. The number of halogens is 3. The molecule has 1 aromatic heterocycles. The molecule has 0 atom stereocenters. The molecule has 0 saturated heterocycles. The monoisotopic (exact) mass is 436 g/mol.